The summed E-state index contributed by atoms with van der Waals surface area (Å²) >= 11 is 0. The fraction of sp³-hybridized carbons (Fsp3) is 0.267. The predicted molar refractivity (Wildman–Crippen MR) is 87.7 cm³/mol. The first-order valence-corrected chi connectivity index (χ1v) is 7.37. The minimum absolute atomic E-state index is 0.223. The molecule has 0 amide bonds. The van der Waals surface area contributed by atoms with Crippen LogP contribution in [-0.2, 0) is 0 Å². The van der Waals surface area contributed by atoms with E-state index in [4.69, 9.17) is 11.5 Å². The van der Waals surface area contributed by atoms with Crippen molar-refractivity contribution in [3.05, 3.63) is 30.7 Å². The average molecular weight is 311 g/mol. The van der Waals surface area contributed by atoms with Crippen molar-refractivity contribution in [1.29, 1.82) is 0 Å². The number of rotatable bonds is 2. The number of aliphatic hydroxyl groups is 1. The number of fused-ring (bicyclic) bond motifs is 1. The van der Waals surface area contributed by atoms with E-state index >= 15 is 0 Å². The van der Waals surface area contributed by atoms with Crippen LogP contribution in [0.1, 0.15) is 0 Å². The maximum atomic E-state index is 9.95. The zero-order valence-electron chi connectivity index (χ0n) is 12.3. The number of aliphatic hydroxyl groups excluding tert-OH is 1. The molecule has 1 aliphatic rings. The number of H-pyrrole nitrogens is 1. The van der Waals surface area contributed by atoms with Gasteiger partial charge in [-0.05, 0) is 12.1 Å². The smallest absolute Gasteiger partial charge is 0.220 e. The Morgan fingerprint density at radius 2 is 2.04 bits per heavy atom. The van der Waals surface area contributed by atoms with Crippen molar-refractivity contribution in [2.75, 3.05) is 23.7 Å². The summed E-state index contributed by atoms with van der Waals surface area (Å²) in [4.78, 5) is 17.8. The number of hydrogen-bond donors (Lipinski definition) is 4. The van der Waals surface area contributed by atoms with Crippen LogP contribution in [0, 0.1) is 0 Å². The number of nitrogens with zero attached hydrogens (tertiary/aromatic N) is 4. The Kier molecular flexibility index (Phi) is 3.14. The summed E-state index contributed by atoms with van der Waals surface area (Å²) in [5.41, 5.74) is 15.0. The quantitative estimate of drug-likeness (QED) is 0.528. The highest BCUT2D eigenvalue weighted by Gasteiger charge is 2.30. The standard InChI is InChI=1S/C15H17N7O/c16-9-6-22(7-12(9)23)11-2-4-18-14-13(11)8(5-20-14)10-1-3-19-15(17)21-10/h1-5,9,12,23H,6-7,16H2,(H,18,20)(H2,17,19,21)/t9-,12-/m1/s1. The van der Waals surface area contributed by atoms with Gasteiger partial charge in [0.2, 0.25) is 5.95 Å². The molecule has 3 aromatic heterocycles. The number of aromatic nitrogens is 4. The lowest BCUT2D eigenvalue weighted by molar-refractivity contribution is 0.180. The van der Waals surface area contributed by atoms with Crippen molar-refractivity contribution in [3.63, 3.8) is 0 Å². The fourth-order valence-corrected chi connectivity index (χ4v) is 3.04. The molecule has 0 aliphatic carbocycles. The number of nitrogens with two attached hydrogens (primary N) is 2. The van der Waals surface area contributed by atoms with Gasteiger partial charge in [-0.3, -0.25) is 0 Å². The van der Waals surface area contributed by atoms with Crippen molar-refractivity contribution in [1.82, 2.24) is 19.9 Å². The summed E-state index contributed by atoms with van der Waals surface area (Å²) in [5.74, 6) is 0.223. The highest BCUT2D eigenvalue weighted by atomic mass is 16.3. The molecule has 1 fully saturated rings. The first-order chi connectivity index (χ1) is 11.1. The van der Waals surface area contributed by atoms with Gasteiger partial charge in [-0.25, -0.2) is 15.0 Å². The summed E-state index contributed by atoms with van der Waals surface area (Å²) < 4.78 is 0. The largest absolute Gasteiger partial charge is 0.390 e. The number of β-amino-alcohol motifs (C(OH)–C–C–N with tert-alkyl or cyclic N) is 1. The van der Waals surface area contributed by atoms with Gasteiger partial charge >= 0.3 is 0 Å². The molecule has 8 nitrogen and oxygen atoms in total. The second kappa shape index (κ2) is 5.18. The van der Waals surface area contributed by atoms with E-state index in [1.165, 1.54) is 0 Å². The number of hydrogen-bond acceptors (Lipinski definition) is 7. The Bertz CT molecular complexity index is 852. The molecular formula is C15H17N7O. The molecule has 1 aliphatic heterocycles. The molecule has 0 spiro atoms. The van der Waals surface area contributed by atoms with E-state index in [-0.39, 0.29) is 12.0 Å². The van der Waals surface area contributed by atoms with Gasteiger partial charge < -0.3 is 26.5 Å². The van der Waals surface area contributed by atoms with E-state index in [1.54, 1.807) is 18.5 Å². The van der Waals surface area contributed by atoms with Gasteiger partial charge in [0.15, 0.2) is 0 Å². The van der Waals surface area contributed by atoms with Gasteiger partial charge in [-0.15, -0.1) is 0 Å². The lowest BCUT2D eigenvalue weighted by Crippen LogP contribution is -2.32. The van der Waals surface area contributed by atoms with Crippen molar-refractivity contribution >= 4 is 22.7 Å². The monoisotopic (exact) mass is 311 g/mol. The molecule has 1 saturated heterocycles. The van der Waals surface area contributed by atoms with Gasteiger partial charge in [-0.2, -0.15) is 0 Å². The van der Waals surface area contributed by atoms with E-state index in [2.05, 4.69) is 24.8 Å². The molecule has 0 aromatic carbocycles. The van der Waals surface area contributed by atoms with Crippen molar-refractivity contribution in [2.24, 2.45) is 5.73 Å². The third-order valence-corrected chi connectivity index (χ3v) is 4.18. The Morgan fingerprint density at radius 3 is 2.78 bits per heavy atom. The van der Waals surface area contributed by atoms with Gasteiger partial charge in [0.05, 0.1) is 22.9 Å². The maximum absolute atomic E-state index is 9.95. The third kappa shape index (κ3) is 2.28. The van der Waals surface area contributed by atoms with Crippen LogP contribution in [0.15, 0.2) is 30.7 Å². The van der Waals surface area contributed by atoms with Crippen molar-refractivity contribution in [3.8, 4) is 11.3 Å². The lowest BCUT2D eigenvalue weighted by atomic mass is 10.1. The number of nitrogens with one attached hydrogen (secondary N) is 1. The summed E-state index contributed by atoms with van der Waals surface area (Å²) in [6.45, 7) is 1.09. The maximum Gasteiger partial charge on any atom is 0.220 e. The van der Waals surface area contributed by atoms with Crippen LogP contribution in [0.2, 0.25) is 0 Å². The van der Waals surface area contributed by atoms with E-state index in [1.807, 2.05) is 12.3 Å². The van der Waals surface area contributed by atoms with E-state index in [9.17, 15) is 5.11 Å². The van der Waals surface area contributed by atoms with Crippen molar-refractivity contribution < 1.29 is 5.11 Å². The Labute approximate surface area is 132 Å². The van der Waals surface area contributed by atoms with Crippen LogP contribution < -0.4 is 16.4 Å². The molecule has 23 heavy (non-hydrogen) atoms. The number of pyridine rings is 1. The second-order valence-electron chi connectivity index (χ2n) is 5.69. The van der Waals surface area contributed by atoms with Gasteiger partial charge in [0.1, 0.15) is 5.65 Å². The second-order valence-corrected chi connectivity index (χ2v) is 5.69. The minimum atomic E-state index is -0.532. The Morgan fingerprint density at radius 1 is 1.22 bits per heavy atom. The van der Waals surface area contributed by atoms with Crippen LogP contribution in [0.4, 0.5) is 11.6 Å². The van der Waals surface area contributed by atoms with Crippen molar-refractivity contribution in [2.45, 2.75) is 12.1 Å². The third-order valence-electron chi connectivity index (χ3n) is 4.18. The van der Waals surface area contributed by atoms with Crippen LogP contribution >= 0.6 is 0 Å². The molecule has 0 bridgehead atoms. The zero-order chi connectivity index (χ0) is 16.0. The molecule has 0 saturated carbocycles. The van der Waals surface area contributed by atoms with E-state index in [0.29, 0.717) is 13.1 Å². The van der Waals surface area contributed by atoms with Gasteiger partial charge in [0.25, 0.3) is 0 Å². The van der Waals surface area contributed by atoms with Crippen LogP contribution in [0.25, 0.3) is 22.3 Å². The van der Waals surface area contributed by atoms with Gasteiger partial charge in [-0.1, -0.05) is 0 Å². The summed E-state index contributed by atoms with van der Waals surface area (Å²) in [6.07, 6.45) is 4.69. The minimum Gasteiger partial charge on any atom is -0.390 e. The molecule has 6 N–H and O–H groups in total. The summed E-state index contributed by atoms with van der Waals surface area (Å²) in [5, 5.41) is 10.9. The molecule has 4 rings (SSSR count). The van der Waals surface area contributed by atoms with E-state index in [0.717, 1.165) is 28.0 Å². The fourth-order valence-electron chi connectivity index (χ4n) is 3.04. The predicted octanol–water partition coefficient (Wildman–Crippen LogP) is 0.110. The number of aromatic amines is 1. The molecule has 0 unspecified atom stereocenters. The molecule has 2 atom stereocenters. The Hall–Kier alpha value is -2.71. The summed E-state index contributed by atoms with van der Waals surface area (Å²) in [6, 6.07) is 3.48. The normalized spacial score (nSPS) is 21.2. The zero-order valence-corrected chi connectivity index (χ0v) is 12.3. The Balaban J connectivity index is 1.88. The molecular weight excluding hydrogens is 294 g/mol. The van der Waals surface area contributed by atoms with Crippen LogP contribution in [0.5, 0.6) is 0 Å². The molecule has 8 heteroatoms. The van der Waals surface area contributed by atoms with Crippen LogP contribution in [-0.4, -0.2) is 50.3 Å². The number of anilines is 2. The molecule has 118 valence electrons. The van der Waals surface area contributed by atoms with Crippen LogP contribution in [0.3, 0.4) is 0 Å². The highest BCUT2D eigenvalue weighted by molar-refractivity contribution is 6.02. The summed E-state index contributed by atoms with van der Waals surface area (Å²) in [7, 11) is 0. The highest BCUT2D eigenvalue weighted by Crippen LogP contribution is 2.35. The first kappa shape index (κ1) is 13.9. The average Bonchev–Trinajstić information content (AvgIpc) is 3.11. The number of nitrogen functional groups attached to an aromatic ring is 1. The molecule has 0 radical (unpaired) electrons. The van der Waals surface area contributed by atoms with E-state index < -0.39 is 6.10 Å². The molecule has 3 aromatic rings. The topological polar surface area (TPSA) is 130 Å². The SMILES string of the molecule is Nc1nccc(-c2c[nH]c3nccc(N4C[C@@H](N)[C@H](O)C4)c23)n1. The molecule has 4 heterocycles. The first-order valence-electron chi connectivity index (χ1n) is 7.37. The van der Waals surface area contributed by atoms with Gasteiger partial charge in [0, 0.05) is 43.3 Å². The lowest BCUT2D eigenvalue weighted by Gasteiger charge is -2.19.